The van der Waals surface area contributed by atoms with Gasteiger partial charge in [0.05, 0.1) is 19.8 Å². The lowest BCUT2D eigenvalue weighted by molar-refractivity contribution is 0.0361. The molecule has 2 aliphatic heterocycles. The van der Waals surface area contributed by atoms with Crippen LogP contribution in [0.15, 0.2) is 0 Å². The van der Waals surface area contributed by atoms with Crippen molar-refractivity contribution < 1.29 is 17.9 Å². The van der Waals surface area contributed by atoms with Crippen LogP contribution >= 0.6 is 0 Å². The molecule has 0 aromatic carbocycles. The Hall–Kier alpha value is -0.250. The van der Waals surface area contributed by atoms with E-state index < -0.39 is 10.2 Å². The van der Waals surface area contributed by atoms with Gasteiger partial charge in [0.25, 0.3) is 10.2 Å². The highest BCUT2D eigenvalue weighted by Crippen LogP contribution is 2.21. The molecule has 0 spiro atoms. The fourth-order valence-corrected chi connectivity index (χ4v) is 5.01. The fourth-order valence-electron chi connectivity index (χ4n) is 3.29. The van der Waals surface area contributed by atoms with Gasteiger partial charge in [-0.3, -0.25) is 4.90 Å². The minimum absolute atomic E-state index is 0.307. The highest BCUT2D eigenvalue weighted by molar-refractivity contribution is 7.86. The molecular formula is C15H31N3O4S. The van der Waals surface area contributed by atoms with Crippen molar-refractivity contribution in [2.45, 2.75) is 19.8 Å². The van der Waals surface area contributed by atoms with Crippen LogP contribution in [-0.4, -0.2) is 94.7 Å². The SMILES string of the molecule is CCN(CCN1CCOCC1)S(=O)(=O)N1CCCC(COC)C1. The van der Waals surface area contributed by atoms with Crippen LogP contribution in [0.25, 0.3) is 0 Å². The van der Waals surface area contributed by atoms with Gasteiger partial charge in [-0.05, 0) is 18.8 Å². The molecule has 0 saturated carbocycles. The molecule has 8 heteroatoms. The van der Waals surface area contributed by atoms with Crippen LogP contribution in [0.5, 0.6) is 0 Å². The maximum atomic E-state index is 12.9. The standard InChI is InChI=1S/C15H31N3O4S/c1-3-17(8-7-16-9-11-22-12-10-16)23(19,20)18-6-4-5-15(13-18)14-21-2/h15H,3-14H2,1-2H3. The van der Waals surface area contributed by atoms with Crippen LogP contribution < -0.4 is 0 Å². The molecule has 136 valence electrons. The molecule has 7 nitrogen and oxygen atoms in total. The minimum Gasteiger partial charge on any atom is -0.384 e. The van der Waals surface area contributed by atoms with Gasteiger partial charge in [-0.25, -0.2) is 0 Å². The number of morpholine rings is 1. The van der Waals surface area contributed by atoms with Crippen LogP contribution in [0.3, 0.4) is 0 Å². The summed E-state index contributed by atoms with van der Waals surface area (Å²) in [5.41, 5.74) is 0. The number of ether oxygens (including phenoxy) is 2. The molecule has 2 heterocycles. The summed E-state index contributed by atoms with van der Waals surface area (Å²) >= 11 is 0. The average Bonchev–Trinajstić information content (AvgIpc) is 2.57. The molecule has 0 bridgehead atoms. The molecule has 0 amide bonds. The van der Waals surface area contributed by atoms with Gasteiger partial charge in [0.1, 0.15) is 0 Å². The van der Waals surface area contributed by atoms with Crippen molar-refractivity contribution in [1.82, 2.24) is 13.5 Å². The zero-order chi connectivity index (χ0) is 16.7. The highest BCUT2D eigenvalue weighted by atomic mass is 32.2. The molecule has 0 N–H and O–H groups in total. The lowest BCUT2D eigenvalue weighted by Gasteiger charge is -2.36. The van der Waals surface area contributed by atoms with Crippen molar-refractivity contribution in [3.63, 3.8) is 0 Å². The van der Waals surface area contributed by atoms with E-state index >= 15 is 0 Å². The quantitative estimate of drug-likeness (QED) is 0.628. The molecule has 2 aliphatic rings. The van der Waals surface area contributed by atoms with Crippen LogP contribution in [-0.2, 0) is 19.7 Å². The summed E-state index contributed by atoms with van der Waals surface area (Å²) in [6.45, 7) is 8.82. The molecule has 0 aromatic rings. The largest absolute Gasteiger partial charge is 0.384 e. The molecule has 0 radical (unpaired) electrons. The second kappa shape index (κ2) is 9.29. The van der Waals surface area contributed by atoms with Crippen LogP contribution in [0.4, 0.5) is 0 Å². The summed E-state index contributed by atoms with van der Waals surface area (Å²) in [4.78, 5) is 2.27. The molecule has 1 unspecified atom stereocenters. The third-order valence-corrected chi connectivity index (χ3v) is 6.74. The van der Waals surface area contributed by atoms with Crippen molar-refractivity contribution in [3.05, 3.63) is 0 Å². The average molecular weight is 349 g/mol. The summed E-state index contributed by atoms with van der Waals surface area (Å²) in [6, 6.07) is 0. The molecule has 0 aromatic heterocycles. The molecule has 1 atom stereocenters. The van der Waals surface area contributed by atoms with E-state index in [2.05, 4.69) is 4.90 Å². The fraction of sp³-hybridized carbons (Fsp3) is 1.00. The topological polar surface area (TPSA) is 62.3 Å². The van der Waals surface area contributed by atoms with Gasteiger partial charge in [0.15, 0.2) is 0 Å². The van der Waals surface area contributed by atoms with E-state index in [0.29, 0.717) is 38.7 Å². The first kappa shape index (κ1) is 19.1. The van der Waals surface area contributed by atoms with E-state index in [4.69, 9.17) is 9.47 Å². The number of rotatable bonds is 8. The van der Waals surface area contributed by atoms with Crippen LogP contribution in [0.1, 0.15) is 19.8 Å². The normalized spacial score (nSPS) is 25.1. The number of hydrogen-bond donors (Lipinski definition) is 0. The summed E-state index contributed by atoms with van der Waals surface area (Å²) in [7, 11) is -1.70. The lowest BCUT2D eigenvalue weighted by Crippen LogP contribution is -2.50. The summed E-state index contributed by atoms with van der Waals surface area (Å²) < 4.78 is 39.6. The first-order valence-corrected chi connectivity index (χ1v) is 10.0. The van der Waals surface area contributed by atoms with E-state index in [-0.39, 0.29) is 0 Å². The van der Waals surface area contributed by atoms with Gasteiger partial charge in [0, 0.05) is 52.9 Å². The van der Waals surface area contributed by atoms with Gasteiger partial charge >= 0.3 is 0 Å². The van der Waals surface area contributed by atoms with Crippen molar-refractivity contribution in [3.8, 4) is 0 Å². The van der Waals surface area contributed by atoms with E-state index in [0.717, 1.165) is 45.7 Å². The summed E-state index contributed by atoms with van der Waals surface area (Å²) in [6.07, 6.45) is 1.95. The van der Waals surface area contributed by atoms with Gasteiger partial charge in [-0.15, -0.1) is 0 Å². The van der Waals surface area contributed by atoms with E-state index in [9.17, 15) is 8.42 Å². The van der Waals surface area contributed by atoms with Gasteiger partial charge < -0.3 is 9.47 Å². The summed E-state index contributed by atoms with van der Waals surface area (Å²) in [5.74, 6) is 0.307. The molecule has 23 heavy (non-hydrogen) atoms. The number of hydrogen-bond acceptors (Lipinski definition) is 5. The Morgan fingerprint density at radius 2 is 2.00 bits per heavy atom. The number of piperidine rings is 1. The third-order valence-electron chi connectivity index (χ3n) is 4.66. The highest BCUT2D eigenvalue weighted by Gasteiger charge is 2.33. The maximum absolute atomic E-state index is 12.9. The predicted molar refractivity (Wildman–Crippen MR) is 89.6 cm³/mol. The monoisotopic (exact) mass is 349 g/mol. The second-order valence-electron chi connectivity index (χ2n) is 6.28. The molecule has 2 rings (SSSR count). The Balaban J connectivity index is 1.91. The first-order valence-electron chi connectivity index (χ1n) is 8.62. The van der Waals surface area contributed by atoms with Gasteiger partial charge in [-0.1, -0.05) is 6.92 Å². The van der Waals surface area contributed by atoms with Gasteiger partial charge in [-0.2, -0.15) is 17.0 Å². The van der Waals surface area contributed by atoms with E-state index in [1.807, 2.05) is 6.92 Å². The van der Waals surface area contributed by atoms with Crippen LogP contribution in [0, 0.1) is 5.92 Å². The Morgan fingerprint density at radius 3 is 2.65 bits per heavy atom. The van der Waals surface area contributed by atoms with Crippen molar-refractivity contribution in [2.24, 2.45) is 5.92 Å². The Morgan fingerprint density at radius 1 is 1.26 bits per heavy atom. The smallest absolute Gasteiger partial charge is 0.282 e. The zero-order valence-corrected chi connectivity index (χ0v) is 15.3. The van der Waals surface area contributed by atoms with Crippen molar-refractivity contribution in [1.29, 1.82) is 0 Å². The predicted octanol–water partition coefficient (Wildman–Crippen LogP) is 0.244. The number of likely N-dealkylation sites (N-methyl/N-ethyl adjacent to an activating group) is 1. The summed E-state index contributed by atoms with van der Waals surface area (Å²) in [5, 5.41) is 0. The molecule has 2 saturated heterocycles. The third kappa shape index (κ3) is 5.37. The number of methoxy groups -OCH3 is 1. The molecular weight excluding hydrogens is 318 g/mol. The Bertz CT molecular complexity index is 438. The van der Waals surface area contributed by atoms with Crippen molar-refractivity contribution >= 4 is 10.2 Å². The Kier molecular flexibility index (Phi) is 7.71. The minimum atomic E-state index is -3.37. The lowest BCUT2D eigenvalue weighted by atomic mass is 10.0. The Labute approximate surface area is 140 Å². The van der Waals surface area contributed by atoms with E-state index in [1.54, 1.807) is 15.7 Å². The first-order chi connectivity index (χ1) is 11.1. The molecule has 0 aliphatic carbocycles. The second-order valence-corrected chi connectivity index (χ2v) is 8.20. The number of nitrogens with zero attached hydrogens (tertiary/aromatic N) is 3. The van der Waals surface area contributed by atoms with Gasteiger partial charge in [0.2, 0.25) is 0 Å². The zero-order valence-electron chi connectivity index (χ0n) is 14.4. The maximum Gasteiger partial charge on any atom is 0.282 e. The molecule has 2 fully saturated rings. The van der Waals surface area contributed by atoms with Crippen LogP contribution in [0.2, 0.25) is 0 Å². The van der Waals surface area contributed by atoms with Crippen molar-refractivity contribution in [2.75, 3.05) is 72.7 Å². The van der Waals surface area contributed by atoms with E-state index in [1.165, 1.54) is 0 Å².